The van der Waals surface area contributed by atoms with Gasteiger partial charge in [0.1, 0.15) is 12.6 Å². The van der Waals surface area contributed by atoms with Gasteiger partial charge >= 0.3 is 0 Å². The maximum Gasteiger partial charge on any atom is 0.264 e. The third-order valence-corrected chi connectivity index (χ3v) is 9.33. The van der Waals surface area contributed by atoms with E-state index in [1.807, 2.05) is 30.3 Å². The van der Waals surface area contributed by atoms with Crippen LogP contribution in [-0.2, 0) is 32.6 Å². The molecule has 1 atom stereocenters. The van der Waals surface area contributed by atoms with Crippen molar-refractivity contribution in [1.29, 1.82) is 0 Å². The number of amides is 2. The molecule has 0 aliphatic carbocycles. The van der Waals surface area contributed by atoms with Crippen molar-refractivity contribution in [3.8, 4) is 0 Å². The van der Waals surface area contributed by atoms with Crippen molar-refractivity contribution in [2.24, 2.45) is 0 Å². The van der Waals surface area contributed by atoms with Gasteiger partial charge in [0.25, 0.3) is 10.0 Å². The summed E-state index contributed by atoms with van der Waals surface area (Å²) in [6, 6.07) is 27.2. The number of likely N-dealkylation sites (N-methyl/N-ethyl adjacent to an activating group) is 1. The zero-order chi connectivity index (χ0) is 31.0. The molecule has 0 aliphatic heterocycles. The Morgan fingerprint density at radius 2 is 1.42 bits per heavy atom. The molecular formula is C32H30Cl3N3O4S. The number of hydrogen-bond acceptors (Lipinski definition) is 4. The molecule has 1 unspecified atom stereocenters. The third kappa shape index (κ3) is 8.30. The van der Waals surface area contributed by atoms with Gasteiger partial charge in [-0.1, -0.05) is 89.4 Å². The van der Waals surface area contributed by atoms with Crippen LogP contribution in [0.1, 0.15) is 18.1 Å². The maximum atomic E-state index is 14.3. The molecule has 4 aromatic rings. The molecule has 0 fully saturated rings. The van der Waals surface area contributed by atoms with Crippen molar-refractivity contribution < 1.29 is 18.0 Å². The van der Waals surface area contributed by atoms with E-state index in [-0.39, 0.29) is 29.5 Å². The highest BCUT2D eigenvalue weighted by atomic mass is 35.5. The highest BCUT2D eigenvalue weighted by molar-refractivity contribution is 7.92. The summed E-state index contributed by atoms with van der Waals surface area (Å²) in [4.78, 5) is 29.2. The number of halogens is 3. The van der Waals surface area contributed by atoms with Gasteiger partial charge in [-0.2, -0.15) is 0 Å². The lowest BCUT2D eigenvalue weighted by Gasteiger charge is -2.34. The number of sulfonamides is 1. The Bertz CT molecular complexity index is 1650. The first-order chi connectivity index (χ1) is 20.6. The smallest absolute Gasteiger partial charge is 0.264 e. The molecule has 0 saturated carbocycles. The van der Waals surface area contributed by atoms with Crippen LogP contribution < -0.4 is 9.62 Å². The zero-order valence-corrected chi connectivity index (χ0v) is 26.4. The van der Waals surface area contributed by atoms with E-state index in [1.54, 1.807) is 55.5 Å². The van der Waals surface area contributed by atoms with E-state index in [0.717, 1.165) is 9.87 Å². The average molecular weight is 659 g/mol. The van der Waals surface area contributed by atoms with Crippen LogP contribution in [0, 0.1) is 0 Å². The van der Waals surface area contributed by atoms with Gasteiger partial charge in [0.2, 0.25) is 11.8 Å². The van der Waals surface area contributed by atoms with Gasteiger partial charge in [-0.15, -0.1) is 0 Å². The van der Waals surface area contributed by atoms with Gasteiger partial charge < -0.3 is 10.2 Å². The molecule has 0 aliphatic rings. The number of carbonyl (C=O) groups is 2. The van der Waals surface area contributed by atoms with Crippen LogP contribution in [0.2, 0.25) is 15.1 Å². The Balaban J connectivity index is 1.79. The van der Waals surface area contributed by atoms with Crippen molar-refractivity contribution in [2.45, 2.75) is 30.8 Å². The monoisotopic (exact) mass is 657 g/mol. The molecule has 4 aromatic carbocycles. The summed E-state index contributed by atoms with van der Waals surface area (Å²) in [5.74, 6) is -0.976. The minimum atomic E-state index is -4.22. The first-order valence-electron chi connectivity index (χ1n) is 13.5. The fourth-order valence-corrected chi connectivity index (χ4v) is 6.54. The molecule has 4 rings (SSSR count). The van der Waals surface area contributed by atoms with E-state index in [0.29, 0.717) is 27.2 Å². The van der Waals surface area contributed by atoms with Crippen molar-refractivity contribution in [3.05, 3.63) is 129 Å². The van der Waals surface area contributed by atoms with Gasteiger partial charge in [0, 0.05) is 34.6 Å². The Morgan fingerprint density at radius 1 is 0.814 bits per heavy atom. The largest absolute Gasteiger partial charge is 0.355 e. The fraction of sp³-hybridized carbons (Fsp3) is 0.188. The number of anilines is 1. The summed E-state index contributed by atoms with van der Waals surface area (Å²) >= 11 is 18.6. The van der Waals surface area contributed by atoms with Gasteiger partial charge in [-0.05, 0) is 66.6 Å². The molecule has 224 valence electrons. The zero-order valence-electron chi connectivity index (χ0n) is 23.3. The Hall–Kier alpha value is -3.56. The van der Waals surface area contributed by atoms with Crippen LogP contribution in [0.3, 0.4) is 0 Å². The quantitative estimate of drug-likeness (QED) is 0.185. The molecule has 0 spiro atoms. The van der Waals surface area contributed by atoms with Crippen LogP contribution in [0.15, 0.2) is 108 Å². The van der Waals surface area contributed by atoms with E-state index in [9.17, 15) is 18.0 Å². The number of para-hydroxylation sites is 1. The Kier molecular flexibility index (Phi) is 11.1. The summed E-state index contributed by atoms with van der Waals surface area (Å²) in [5.41, 5.74) is 1.66. The molecule has 0 bridgehead atoms. The highest BCUT2D eigenvalue weighted by Gasteiger charge is 2.34. The first-order valence-corrected chi connectivity index (χ1v) is 16.1. The van der Waals surface area contributed by atoms with Crippen molar-refractivity contribution >= 4 is 62.3 Å². The SMILES string of the molecule is CCNC(=O)C(Cc1ccccc1)N(Cc1ccc(Cl)cc1Cl)C(=O)CN(c1ccccc1)S(=O)(=O)c1ccc(Cl)cc1. The van der Waals surface area contributed by atoms with E-state index < -0.39 is 28.5 Å². The second-order valence-corrected chi connectivity index (χ2v) is 12.8. The van der Waals surface area contributed by atoms with Crippen LogP contribution in [0.25, 0.3) is 0 Å². The van der Waals surface area contributed by atoms with Gasteiger partial charge in [0.05, 0.1) is 10.6 Å². The lowest BCUT2D eigenvalue weighted by atomic mass is 10.0. The second kappa shape index (κ2) is 14.8. The van der Waals surface area contributed by atoms with Crippen LogP contribution in [-0.4, -0.2) is 44.3 Å². The number of nitrogens with zero attached hydrogens (tertiary/aromatic N) is 2. The minimum Gasteiger partial charge on any atom is -0.355 e. The summed E-state index contributed by atoms with van der Waals surface area (Å²) in [6.07, 6.45) is 0.193. The number of hydrogen-bond donors (Lipinski definition) is 1. The standard InChI is InChI=1S/C32H30Cl3N3O4S/c1-2-36-32(40)30(19-23-9-5-3-6-10-23)37(21-24-13-14-26(34)20-29(24)35)31(39)22-38(27-11-7-4-8-12-27)43(41,42)28-17-15-25(33)16-18-28/h3-18,20,30H,2,19,21-22H2,1H3,(H,36,40). The van der Waals surface area contributed by atoms with Crippen LogP contribution >= 0.6 is 34.8 Å². The summed E-state index contributed by atoms with van der Waals surface area (Å²) in [6.45, 7) is 1.49. The molecule has 0 radical (unpaired) electrons. The van der Waals surface area contributed by atoms with Crippen molar-refractivity contribution in [3.63, 3.8) is 0 Å². The van der Waals surface area contributed by atoms with Crippen LogP contribution in [0.4, 0.5) is 5.69 Å². The predicted molar refractivity (Wildman–Crippen MR) is 172 cm³/mol. The normalized spacial score (nSPS) is 11.9. The molecule has 1 N–H and O–H groups in total. The number of benzene rings is 4. The second-order valence-electron chi connectivity index (χ2n) is 9.66. The van der Waals surface area contributed by atoms with Crippen molar-refractivity contribution in [2.75, 3.05) is 17.4 Å². The van der Waals surface area contributed by atoms with E-state index in [1.165, 1.54) is 29.2 Å². The van der Waals surface area contributed by atoms with Gasteiger partial charge in [-0.25, -0.2) is 8.42 Å². The summed E-state index contributed by atoms with van der Waals surface area (Å²) < 4.78 is 28.9. The Morgan fingerprint density at radius 3 is 2.02 bits per heavy atom. The molecule has 43 heavy (non-hydrogen) atoms. The van der Waals surface area contributed by atoms with Gasteiger partial charge in [-0.3, -0.25) is 13.9 Å². The lowest BCUT2D eigenvalue weighted by Crippen LogP contribution is -2.53. The molecule has 11 heteroatoms. The molecule has 7 nitrogen and oxygen atoms in total. The molecule has 0 saturated heterocycles. The third-order valence-electron chi connectivity index (χ3n) is 6.70. The average Bonchev–Trinajstić information content (AvgIpc) is 2.99. The lowest BCUT2D eigenvalue weighted by molar-refractivity contribution is -0.140. The molecular weight excluding hydrogens is 629 g/mol. The number of rotatable bonds is 12. The number of nitrogens with one attached hydrogen (secondary N) is 1. The van der Waals surface area contributed by atoms with Gasteiger partial charge in [0.15, 0.2) is 0 Å². The topological polar surface area (TPSA) is 86.8 Å². The molecule has 0 aromatic heterocycles. The maximum absolute atomic E-state index is 14.3. The van der Waals surface area contributed by atoms with E-state index >= 15 is 0 Å². The predicted octanol–water partition coefficient (Wildman–Crippen LogP) is 6.62. The fourth-order valence-electron chi connectivity index (χ4n) is 4.54. The molecule has 0 heterocycles. The van der Waals surface area contributed by atoms with Crippen LogP contribution in [0.5, 0.6) is 0 Å². The summed E-state index contributed by atoms with van der Waals surface area (Å²) in [7, 11) is -4.22. The molecule has 2 amide bonds. The minimum absolute atomic E-state index is 0.0367. The van der Waals surface area contributed by atoms with E-state index in [4.69, 9.17) is 34.8 Å². The first kappa shape index (κ1) is 32.4. The number of carbonyl (C=O) groups excluding carboxylic acids is 2. The van der Waals surface area contributed by atoms with Crippen molar-refractivity contribution in [1.82, 2.24) is 10.2 Å². The summed E-state index contributed by atoms with van der Waals surface area (Å²) in [5, 5.41) is 3.93. The Labute approximate surface area is 267 Å². The highest BCUT2D eigenvalue weighted by Crippen LogP contribution is 2.27. The van der Waals surface area contributed by atoms with E-state index in [2.05, 4.69) is 5.32 Å².